The van der Waals surface area contributed by atoms with Gasteiger partial charge in [0.05, 0.1) is 0 Å². The van der Waals surface area contributed by atoms with E-state index in [4.69, 9.17) is 14.2 Å². The van der Waals surface area contributed by atoms with E-state index in [1.54, 1.807) is 0 Å². The van der Waals surface area contributed by atoms with E-state index in [0.717, 1.165) is 109 Å². The molecule has 0 aliphatic rings. The minimum atomic E-state index is -0.792. The molecule has 0 aromatic heterocycles. The summed E-state index contributed by atoms with van der Waals surface area (Å²) in [6.45, 7) is 6.56. The lowest BCUT2D eigenvalue weighted by Crippen LogP contribution is -2.30. The average Bonchev–Trinajstić information content (AvgIpc) is 3.33. The molecule has 0 aromatic rings. The first-order valence-electron chi connectivity index (χ1n) is 28.4. The van der Waals surface area contributed by atoms with E-state index < -0.39 is 6.10 Å². The predicted octanol–water partition coefficient (Wildman–Crippen LogP) is 19.0. The van der Waals surface area contributed by atoms with Gasteiger partial charge in [0.2, 0.25) is 0 Å². The van der Waals surface area contributed by atoms with Crippen LogP contribution in [0, 0.1) is 0 Å². The number of carbonyl (C=O) groups is 3. The highest BCUT2D eigenvalue weighted by Crippen LogP contribution is 2.14. The average molecular weight is 936 g/mol. The molecule has 0 unspecified atom stereocenters. The molecule has 0 aliphatic carbocycles. The SMILES string of the molecule is CCCCC/C=C\C/C=C\C/C=C\CCCCCCCCC(=O)OC[C@@H](COC(=O)CCCCCCC/C=C\CCCCCCCC)OC(=O)CCCCCCC/C=C\C/C=C\CCCCC. The first kappa shape index (κ1) is 63.8. The summed E-state index contributed by atoms with van der Waals surface area (Å²) in [5.74, 6) is -0.917. The van der Waals surface area contributed by atoms with Crippen molar-refractivity contribution in [3.05, 3.63) is 72.9 Å². The number of allylic oxidation sites excluding steroid dienone is 12. The van der Waals surface area contributed by atoms with Crippen molar-refractivity contribution < 1.29 is 28.6 Å². The molecule has 0 radical (unpaired) electrons. The van der Waals surface area contributed by atoms with E-state index >= 15 is 0 Å². The Balaban J connectivity index is 4.43. The predicted molar refractivity (Wildman–Crippen MR) is 288 cm³/mol. The maximum atomic E-state index is 12.8. The summed E-state index contributed by atoms with van der Waals surface area (Å²) in [6.07, 6.45) is 70.2. The normalized spacial score (nSPS) is 12.6. The fourth-order valence-electron chi connectivity index (χ4n) is 7.83. The zero-order valence-electron chi connectivity index (χ0n) is 44.2. The molecule has 6 nitrogen and oxygen atoms in total. The molecule has 1 atom stereocenters. The summed E-state index contributed by atoms with van der Waals surface area (Å²) in [7, 11) is 0. The maximum absolute atomic E-state index is 12.8. The van der Waals surface area contributed by atoms with E-state index in [9.17, 15) is 14.4 Å². The lowest BCUT2D eigenvalue weighted by Gasteiger charge is -2.18. The molecule has 0 saturated carbocycles. The molecular weight excluding hydrogens is 829 g/mol. The van der Waals surface area contributed by atoms with Gasteiger partial charge < -0.3 is 14.2 Å². The van der Waals surface area contributed by atoms with Gasteiger partial charge in [0.25, 0.3) is 0 Å². The Hall–Kier alpha value is -3.15. The van der Waals surface area contributed by atoms with Crippen molar-refractivity contribution in [3.8, 4) is 0 Å². The van der Waals surface area contributed by atoms with Gasteiger partial charge in [-0.2, -0.15) is 0 Å². The molecule has 0 bridgehead atoms. The van der Waals surface area contributed by atoms with E-state index in [1.807, 2.05) is 0 Å². The molecule has 0 aromatic carbocycles. The molecule has 386 valence electrons. The fourth-order valence-corrected chi connectivity index (χ4v) is 7.83. The van der Waals surface area contributed by atoms with Crippen molar-refractivity contribution in [1.82, 2.24) is 0 Å². The summed E-state index contributed by atoms with van der Waals surface area (Å²) < 4.78 is 16.8. The monoisotopic (exact) mass is 935 g/mol. The Morgan fingerprint density at radius 2 is 0.537 bits per heavy atom. The minimum Gasteiger partial charge on any atom is -0.462 e. The van der Waals surface area contributed by atoms with Gasteiger partial charge in [-0.15, -0.1) is 0 Å². The van der Waals surface area contributed by atoms with E-state index in [2.05, 4.69) is 93.7 Å². The Morgan fingerprint density at radius 1 is 0.299 bits per heavy atom. The van der Waals surface area contributed by atoms with E-state index in [0.29, 0.717) is 19.3 Å². The zero-order valence-corrected chi connectivity index (χ0v) is 44.2. The number of esters is 3. The summed E-state index contributed by atoms with van der Waals surface area (Å²) in [6, 6.07) is 0. The Bertz CT molecular complexity index is 1260. The second-order valence-corrected chi connectivity index (χ2v) is 18.8. The second-order valence-electron chi connectivity index (χ2n) is 18.8. The molecule has 0 aliphatic heterocycles. The highest BCUT2D eigenvalue weighted by atomic mass is 16.6. The number of hydrogen-bond acceptors (Lipinski definition) is 6. The summed E-state index contributed by atoms with van der Waals surface area (Å²) in [5, 5.41) is 0. The van der Waals surface area contributed by atoms with Gasteiger partial charge in [-0.1, -0.05) is 216 Å². The molecule has 0 spiro atoms. The van der Waals surface area contributed by atoms with Gasteiger partial charge >= 0.3 is 17.9 Å². The fraction of sp³-hybridized carbons (Fsp3) is 0.754. The molecule has 0 rings (SSSR count). The molecule has 67 heavy (non-hydrogen) atoms. The molecule has 6 heteroatoms. The van der Waals surface area contributed by atoms with Crippen molar-refractivity contribution in [3.63, 3.8) is 0 Å². The third-order valence-electron chi connectivity index (χ3n) is 12.2. The summed E-state index contributed by atoms with van der Waals surface area (Å²) in [4.78, 5) is 38.1. The molecular formula is C61H106O6. The largest absolute Gasteiger partial charge is 0.462 e. The highest BCUT2D eigenvalue weighted by molar-refractivity contribution is 5.71. The maximum Gasteiger partial charge on any atom is 0.306 e. The van der Waals surface area contributed by atoms with Crippen LogP contribution in [0.1, 0.15) is 278 Å². The van der Waals surface area contributed by atoms with Crippen molar-refractivity contribution in [1.29, 1.82) is 0 Å². The number of hydrogen-bond donors (Lipinski definition) is 0. The Labute approximate surface area is 414 Å². The van der Waals surface area contributed by atoms with Gasteiger partial charge in [0, 0.05) is 19.3 Å². The van der Waals surface area contributed by atoms with Crippen LogP contribution in [0.15, 0.2) is 72.9 Å². The van der Waals surface area contributed by atoms with Gasteiger partial charge in [-0.25, -0.2) is 0 Å². The standard InChI is InChI=1S/C61H106O6/c1-4-7-10-13-16-19-22-25-28-29-30-31-34-36-39-42-45-48-51-54-60(63)66-57-58(67-61(64)55-52-49-46-43-40-37-33-27-24-21-18-15-12-9-6-3)56-65-59(62)53-50-47-44-41-38-35-32-26-23-20-17-14-11-8-5-2/h16,18-19,21,25-28,30-33,58H,4-15,17,20,22-24,29,34-57H2,1-3H3/b19-16-,21-18-,28-25-,31-30-,32-26-,33-27-/t58-/m1/s1. The van der Waals surface area contributed by atoms with Gasteiger partial charge in [0.15, 0.2) is 6.10 Å². The Kier molecular flexibility index (Phi) is 52.8. The number of ether oxygens (including phenoxy) is 3. The number of carbonyl (C=O) groups excluding carboxylic acids is 3. The molecule has 0 fully saturated rings. The van der Waals surface area contributed by atoms with Crippen LogP contribution in [0.5, 0.6) is 0 Å². The van der Waals surface area contributed by atoms with Crippen molar-refractivity contribution >= 4 is 17.9 Å². The minimum absolute atomic E-state index is 0.0894. The quantitative estimate of drug-likeness (QED) is 0.0262. The van der Waals surface area contributed by atoms with Crippen LogP contribution in [-0.2, 0) is 28.6 Å². The smallest absolute Gasteiger partial charge is 0.306 e. The molecule has 0 N–H and O–H groups in total. The van der Waals surface area contributed by atoms with Gasteiger partial charge in [-0.05, 0) is 116 Å². The van der Waals surface area contributed by atoms with Gasteiger partial charge in [0.1, 0.15) is 13.2 Å². The Morgan fingerprint density at radius 3 is 0.881 bits per heavy atom. The molecule has 0 amide bonds. The lowest BCUT2D eigenvalue weighted by atomic mass is 10.1. The third kappa shape index (κ3) is 53.7. The van der Waals surface area contributed by atoms with Crippen LogP contribution >= 0.6 is 0 Å². The topological polar surface area (TPSA) is 78.9 Å². The van der Waals surface area contributed by atoms with E-state index in [-0.39, 0.29) is 31.1 Å². The van der Waals surface area contributed by atoms with Gasteiger partial charge in [-0.3, -0.25) is 14.4 Å². The molecule has 0 saturated heterocycles. The molecule has 0 heterocycles. The van der Waals surface area contributed by atoms with Crippen LogP contribution in [0.4, 0.5) is 0 Å². The third-order valence-corrected chi connectivity index (χ3v) is 12.2. The van der Waals surface area contributed by atoms with Crippen LogP contribution in [0.25, 0.3) is 0 Å². The first-order chi connectivity index (χ1) is 33.0. The van der Waals surface area contributed by atoms with Crippen molar-refractivity contribution in [2.45, 2.75) is 284 Å². The highest BCUT2D eigenvalue weighted by Gasteiger charge is 2.19. The first-order valence-corrected chi connectivity index (χ1v) is 28.4. The van der Waals surface area contributed by atoms with Crippen molar-refractivity contribution in [2.24, 2.45) is 0 Å². The number of rotatable bonds is 51. The van der Waals surface area contributed by atoms with E-state index in [1.165, 1.54) is 128 Å². The summed E-state index contributed by atoms with van der Waals surface area (Å²) >= 11 is 0. The van der Waals surface area contributed by atoms with Crippen LogP contribution in [0.2, 0.25) is 0 Å². The number of unbranched alkanes of at least 4 members (excludes halogenated alkanes) is 28. The van der Waals surface area contributed by atoms with Crippen LogP contribution < -0.4 is 0 Å². The van der Waals surface area contributed by atoms with Crippen LogP contribution in [-0.4, -0.2) is 37.2 Å². The van der Waals surface area contributed by atoms with Crippen LogP contribution in [0.3, 0.4) is 0 Å². The van der Waals surface area contributed by atoms with Crippen molar-refractivity contribution in [2.75, 3.05) is 13.2 Å². The summed E-state index contributed by atoms with van der Waals surface area (Å²) in [5.41, 5.74) is 0. The lowest BCUT2D eigenvalue weighted by molar-refractivity contribution is -0.167. The zero-order chi connectivity index (χ0) is 48.6. The second kappa shape index (κ2) is 55.4.